The number of rotatable bonds is 8. The van der Waals surface area contributed by atoms with Crippen LogP contribution in [0.3, 0.4) is 0 Å². The van der Waals surface area contributed by atoms with Crippen LogP contribution in [0.2, 0.25) is 5.02 Å². The summed E-state index contributed by atoms with van der Waals surface area (Å²) in [4.78, 5) is 11.2. The van der Waals surface area contributed by atoms with Gasteiger partial charge in [-0.2, -0.15) is 0 Å². The average Bonchev–Trinajstić information content (AvgIpc) is 3.45. The van der Waals surface area contributed by atoms with Gasteiger partial charge >= 0.3 is 5.97 Å². The maximum atomic E-state index is 11.2. The Bertz CT molecular complexity index is 1450. The first-order valence-corrected chi connectivity index (χ1v) is 11.8. The van der Waals surface area contributed by atoms with E-state index in [0.29, 0.717) is 41.1 Å². The number of fused-ring (bicyclic) bond motifs is 3. The summed E-state index contributed by atoms with van der Waals surface area (Å²) in [7, 11) is 3.16. The number of hydrogen-bond donors (Lipinski definition) is 1. The molecule has 2 atom stereocenters. The van der Waals surface area contributed by atoms with Gasteiger partial charge in [-0.3, -0.25) is 9.36 Å². The number of aromatic nitrogens is 7. The summed E-state index contributed by atoms with van der Waals surface area (Å²) in [5.41, 5.74) is 2.38. The third kappa shape index (κ3) is 4.60. The molecule has 0 aliphatic carbocycles. The minimum absolute atomic E-state index is 0.250. The van der Waals surface area contributed by atoms with Crippen LogP contribution in [0.5, 0.6) is 11.5 Å². The minimum Gasteiger partial charge on any atom is -0.493 e. The number of para-hydroxylation sites is 1. The molecule has 5 rings (SSSR count). The van der Waals surface area contributed by atoms with Crippen molar-refractivity contribution in [2.75, 3.05) is 14.2 Å². The molecule has 1 aliphatic heterocycles. The lowest BCUT2D eigenvalue weighted by molar-refractivity contribution is -0.136. The van der Waals surface area contributed by atoms with Crippen molar-refractivity contribution in [1.82, 2.24) is 35.0 Å². The van der Waals surface area contributed by atoms with Crippen molar-refractivity contribution in [3.8, 4) is 17.2 Å². The molecule has 1 aliphatic rings. The minimum atomic E-state index is -1.02. The second-order valence-corrected chi connectivity index (χ2v) is 8.85. The maximum Gasteiger partial charge on any atom is 0.311 e. The van der Waals surface area contributed by atoms with Crippen molar-refractivity contribution in [3.63, 3.8) is 0 Å². The smallest absolute Gasteiger partial charge is 0.311 e. The first-order valence-electron chi connectivity index (χ1n) is 11.5. The summed E-state index contributed by atoms with van der Waals surface area (Å²) >= 11 is 6.45. The van der Waals surface area contributed by atoms with E-state index >= 15 is 0 Å². The molecule has 2 aromatic heterocycles. The third-order valence-electron chi connectivity index (χ3n) is 6.19. The number of aryl methyl sites for hydroxylation is 2. The van der Waals surface area contributed by atoms with Gasteiger partial charge in [0.2, 0.25) is 0 Å². The zero-order valence-electron chi connectivity index (χ0n) is 20.3. The zero-order valence-corrected chi connectivity index (χ0v) is 21.1. The van der Waals surface area contributed by atoms with Gasteiger partial charge < -0.3 is 19.3 Å². The van der Waals surface area contributed by atoms with Crippen LogP contribution in [0.1, 0.15) is 47.2 Å². The van der Waals surface area contributed by atoms with Gasteiger partial charge in [-0.25, -0.2) is 4.68 Å². The fourth-order valence-electron chi connectivity index (χ4n) is 4.58. The predicted molar refractivity (Wildman–Crippen MR) is 130 cm³/mol. The predicted octanol–water partition coefficient (Wildman–Crippen LogP) is 3.11. The van der Waals surface area contributed by atoms with E-state index in [4.69, 9.17) is 25.8 Å². The number of carboxylic acid groups (broad SMARTS) is 1. The number of ether oxygens (including phenoxy) is 3. The largest absolute Gasteiger partial charge is 0.493 e. The zero-order chi connectivity index (χ0) is 26.1. The molecule has 37 heavy (non-hydrogen) atoms. The molecule has 2 aromatic carbocycles. The van der Waals surface area contributed by atoms with Gasteiger partial charge in [-0.1, -0.05) is 23.7 Å². The molecular weight excluding hydrogens is 502 g/mol. The molecule has 0 radical (unpaired) electrons. The lowest BCUT2D eigenvalue weighted by atomic mass is 9.98. The normalized spacial score (nSPS) is 16.5. The second kappa shape index (κ2) is 10.1. The summed E-state index contributed by atoms with van der Waals surface area (Å²) in [6.07, 6.45) is -1.06. The van der Waals surface area contributed by atoms with E-state index in [1.54, 1.807) is 14.2 Å². The highest BCUT2D eigenvalue weighted by molar-refractivity contribution is 6.30. The first kappa shape index (κ1) is 24.7. The lowest BCUT2D eigenvalue weighted by Gasteiger charge is -2.25. The van der Waals surface area contributed by atoms with E-state index in [9.17, 15) is 9.90 Å². The fraction of sp³-hybridized carbons (Fsp3) is 0.333. The van der Waals surface area contributed by atoms with Crippen molar-refractivity contribution in [2.45, 2.75) is 38.5 Å². The summed E-state index contributed by atoms with van der Waals surface area (Å²) in [6.45, 7) is 2.16. The van der Waals surface area contributed by atoms with Gasteiger partial charge in [0.25, 0.3) is 0 Å². The number of benzene rings is 2. The molecule has 192 valence electrons. The van der Waals surface area contributed by atoms with Crippen LogP contribution in [-0.4, -0.2) is 60.3 Å². The molecule has 4 aromatic rings. The van der Waals surface area contributed by atoms with Crippen molar-refractivity contribution < 1.29 is 24.1 Å². The fourth-order valence-corrected chi connectivity index (χ4v) is 4.76. The topological polar surface area (TPSA) is 139 Å². The standard InChI is InChI=1S/C24H24ClN7O5/c1-13-26-28-24-19(9-10-31-20(12-21(33)34)27-29-30-31)37-22(15-5-4-6-18(35-2)23(15)36-3)16-11-14(25)7-8-17(16)32(13)24/h4-8,11,19,22H,9-10,12H2,1-3H3,(H,33,34). The number of halogens is 1. The molecule has 0 amide bonds. The van der Waals surface area contributed by atoms with Crippen LogP contribution in [0.25, 0.3) is 5.69 Å². The Labute approximate surface area is 216 Å². The quantitative estimate of drug-likeness (QED) is 0.365. The summed E-state index contributed by atoms with van der Waals surface area (Å²) in [5.74, 6) is 1.61. The van der Waals surface area contributed by atoms with Gasteiger partial charge in [0, 0.05) is 29.1 Å². The van der Waals surface area contributed by atoms with Crippen LogP contribution in [0.15, 0.2) is 36.4 Å². The van der Waals surface area contributed by atoms with Crippen LogP contribution in [0, 0.1) is 6.92 Å². The summed E-state index contributed by atoms with van der Waals surface area (Å²) in [6, 6.07) is 11.2. The van der Waals surface area contributed by atoms with Gasteiger partial charge in [0.15, 0.2) is 23.1 Å². The van der Waals surface area contributed by atoms with Crippen LogP contribution >= 0.6 is 11.6 Å². The first-order chi connectivity index (χ1) is 17.9. The Balaban J connectivity index is 1.61. The number of carboxylic acids is 1. The van der Waals surface area contributed by atoms with Crippen LogP contribution in [0.4, 0.5) is 0 Å². The van der Waals surface area contributed by atoms with E-state index < -0.39 is 18.2 Å². The Hall–Kier alpha value is -4.03. The molecule has 0 saturated carbocycles. The summed E-state index contributed by atoms with van der Waals surface area (Å²) in [5, 5.41) is 29.9. The van der Waals surface area contributed by atoms with E-state index in [2.05, 4.69) is 25.7 Å². The Kier molecular flexibility index (Phi) is 6.76. The van der Waals surface area contributed by atoms with E-state index in [0.717, 1.165) is 16.8 Å². The van der Waals surface area contributed by atoms with Crippen molar-refractivity contribution in [2.24, 2.45) is 0 Å². The van der Waals surface area contributed by atoms with Gasteiger partial charge in [-0.05, 0) is 41.6 Å². The molecule has 2 unspecified atom stereocenters. The number of nitrogens with zero attached hydrogens (tertiary/aromatic N) is 7. The molecule has 12 nitrogen and oxygen atoms in total. The molecule has 1 N–H and O–H groups in total. The van der Waals surface area contributed by atoms with E-state index in [1.165, 1.54) is 4.68 Å². The third-order valence-corrected chi connectivity index (χ3v) is 6.42. The Morgan fingerprint density at radius 3 is 2.73 bits per heavy atom. The number of methoxy groups -OCH3 is 2. The summed E-state index contributed by atoms with van der Waals surface area (Å²) < 4.78 is 21.4. The molecule has 0 bridgehead atoms. The van der Waals surface area contributed by atoms with Gasteiger partial charge in [0.1, 0.15) is 24.5 Å². The molecule has 13 heteroatoms. The van der Waals surface area contributed by atoms with E-state index in [-0.39, 0.29) is 12.2 Å². The molecule has 3 heterocycles. The van der Waals surface area contributed by atoms with Crippen molar-refractivity contribution >= 4 is 17.6 Å². The second-order valence-electron chi connectivity index (χ2n) is 8.41. The number of tetrazole rings is 1. The number of carbonyl (C=O) groups is 1. The van der Waals surface area contributed by atoms with Crippen LogP contribution in [-0.2, 0) is 22.5 Å². The van der Waals surface area contributed by atoms with Gasteiger partial charge in [-0.15, -0.1) is 15.3 Å². The molecule has 0 spiro atoms. The molecule has 0 fully saturated rings. The SMILES string of the molecule is COc1cccc(C2OC(CCn3nnnc3CC(=O)O)c3nnc(C)n3-c3ccc(Cl)cc32)c1OC. The Morgan fingerprint density at radius 1 is 1.14 bits per heavy atom. The van der Waals surface area contributed by atoms with E-state index in [1.807, 2.05) is 47.9 Å². The molecule has 0 saturated heterocycles. The van der Waals surface area contributed by atoms with Crippen molar-refractivity contribution in [1.29, 1.82) is 0 Å². The average molecular weight is 526 g/mol. The maximum absolute atomic E-state index is 11.2. The van der Waals surface area contributed by atoms with Gasteiger partial charge in [0.05, 0.1) is 19.9 Å². The van der Waals surface area contributed by atoms with Crippen molar-refractivity contribution in [3.05, 3.63) is 70.0 Å². The number of aliphatic carboxylic acids is 1. The molecular formula is C24H24ClN7O5. The number of hydrogen-bond acceptors (Lipinski definition) is 9. The highest BCUT2D eigenvalue weighted by Crippen LogP contribution is 2.46. The Morgan fingerprint density at radius 2 is 1.97 bits per heavy atom. The lowest BCUT2D eigenvalue weighted by Crippen LogP contribution is -2.17. The monoisotopic (exact) mass is 525 g/mol. The highest BCUT2D eigenvalue weighted by Gasteiger charge is 2.35. The van der Waals surface area contributed by atoms with Crippen LogP contribution < -0.4 is 9.47 Å². The highest BCUT2D eigenvalue weighted by atomic mass is 35.5.